The highest BCUT2D eigenvalue weighted by Gasteiger charge is 2.24. The Balaban J connectivity index is 1.87. The lowest BCUT2D eigenvalue weighted by atomic mass is 10.1. The number of ether oxygens (including phenoxy) is 3. The van der Waals surface area contributed by atoms with Gasteiger partial charge in [0.25, 0.3) is 0 Å². The van der Waals surface area contributed by atoms with Crippen LogP contribution >= 0.6 is 0 Å². The first-order valence-corrected chi connectivity index (χ1v) is 7.77. The molecule has 3 rings (SSSR count). The highest BCUT2D eigenvalue weighted by atomic mass is 19.1. The lowest BCUT2D eigenvalue weighted by molar-refractivity contribution is -0.139. The highest BCUT2D eigenvalue weighted by Crippen LogP contribution is 2.29. The number of hydrogen-bond acceptors (Lipinski definition) is 6. The van der Waals surface area contributed by atoms with Gasteiger partial charge in [0.2, 0.25) is 5.90 Å². The lowest BCUT2D eigenvalue weighted by Gasteiger charge is -2.09. The molecule has 8 heteroatoms. The lowest BCUT2D eigenvalue weighted by Crippen LogP contribution is -2.10. The van der Waals surface area contributed by atoms with E-state index in [0.29, 0.717) is 16.9 Å². The molecule has 0 fully saturated rings. The number of cyclic esters (lactones) is 1. The largest absolute Gasteiger partial charge is 0.493 e. The molecule has 1 N–H and O–H groups in total. The van der Waals surface area contributed by atoms with E-state index in [1.54, 1.807) is 18.2 Å². The fourth-order valence-electron chi connectivity index (χ4n) is 2.34. The van der Waals surface area contributed by atoms with Crippen molar-refractivity contribution in [1.82, 2.24) is 0 Å². The average Bonchev–Trinajstić information content (AvgIpc) is 3.01. The zero-order valence-electron chi connectivity index (χ0n) is 14.1. The number of aliphatic carboxylic acids is 1. The average molecular weight is 371 g/mol. The Kier molecular flexibility index (Phi) is 5.16. The fourth-order valence-corrected chi connectivity index (χ4v) is 2.34. The number of carboxylic acids is 1. The van der Waals surface area contributed by atoms with Gasteiger partial charge in [-0.05, 0) is 42.0 Å². The van der Waals surface area contributed by atoms with Crippen LogP contribution in [0, 0.1) is 5.82 Å². The van der Waals surface area contributed by atoms with Crippen molar-refractivity contribution in [2.75, 3.05) is 13.7 Å². The third kappa shape index (κ3) is 4.30. The third-order valence-electron chi connectivity index (χ3n) is 3.53. The predicted molar refractivity (Wildman–Crippen MR) is 93.1 cm³/mol. The number of hydrogen-bond donors (Lipinski definition) is 1. The van der Waals surface area contributed by atoms with Crippen LogP contribution < -0.4 is 9.47 Å². The van der Waals surface area contributed by atoms with Gasteiger partial charge in [-0.3, -0.25) is 0 Å². The van der Waals surface area contributed by atoms with Gasteiger partial charge in [-0.2, -0.15) is 0 Å². The minimum atomic E-state index is -1.11. The molecule has 0 unspecified atom stereocenters. The van der Waals surface area contributed by atoms with Crippen LogP contribution in [0.1, 0.15) is 11.1 Å². The van der Waals surface area contributed by atoms with Crippen molar-refractivity contribution < 1.29 is 33.3 Å². The number of carbonyl (C=O) groups excluding carboxylic acids is 1. The molecule has 0 amide bonds. The number of aliphatic imine (C=N–C) groups is 1. The first-order chi connectivity index (χ1) is 13.0. The Labute approximate surface area is 153 Å². The predicted octanol–water partition coefficient (Wildman–Crippen LogP) is 2.64. The Bertz CT molecular complexity index is 966. The van der Waals surface area contributed by atoms with Crippen LogP contribution in [0.25, 0.3) is 6.08 Å². The Morgan fingerprint density at radius 3 is 2.78 bits per heavy atom. The maximum Gasteiger partial charge on any atom is 0.363 e. The Morgan fingerprint density at radius 2 is 2.07 bits per heavy atom. The molecule has 0 bridgehead atoms. The van der Waals surface area contributed by atoms with Crippen LogP contribution in [-0.4, -0.2) is 36.7 Å². The van der Waals surface area contributed by atoms with E-state index >= 15 is 0 Å². The molecular formula is C19H14FNO6. The molecule has 0 aliphatic carbocycles. The molecule has 1 aliphatic heterocycles. The SMILES string of the molecule is COc1cc(/C=C2\N=C(c3cccc(F)c3)OC2=O)ccc1OCC(=O)O. The molecule has 0 saturated carbocycles. The normalized spacial score (nSPS) is 14.7. The molecule has 0 radical (unpaired) electrons. The number of benzene rings is 2. The van der Waals surface area contributed by atoms with Crippen molar-refractivity contribution in [3.63, 3.8) is 0 Å². The highest BCUT2D eigenvalue weighted by molar-refractivity contribution is 6.12. The summed E-state index contributed by atoms with van der Waals surface area (Å²) in [5.41, 5.74) is 0.947. The zero-order chi connectivity index (χ0) is 19.4. The third-order valence-corrected chi connectivity index (χ3v) is 3.53. The second-order valence-electron chi connectivity index (χ2n) is 5.44. The molecule has 1 heterocycles. The van der Waals surface area contributed by atoms with Gasteiger partial charge in [0, 0.05) is 5.56 Å². The maximum atomic E-state index is 13.3. The summed E-state index contributed by atoms with van der Waals surface area (Å²) in [5, 5.41) is 8.68. The minimum absolute atomic E-state index is 0.0131. The Morgan fingerprint density at radius 1 is 1.26 bits per heavy atom. The Hall–Kier alpha value is -3.68. The van der Waals surface area contributed by atoms with Crippen LogP contribution in [0.3, 0.4) is 0 Å². The molecule has 1 aliphatic rings. The van der Waals surface area contributed by atoms with Gasteiger partial charge in [-0.25, -0.2) is 19.0 Å². The summed E-state index contributed by atoms with van der Waals surface area (Å²) in [5.74, 6) is -1.69. The van der Waals surface area contributed by atoms with E-state index in [-0.39, 0.29) is 17.3 Å². The van der Waals surface area contributed by atoms with E-state index in [4.69, 9.17) is 19.3 Å². The van der Waals surface area contributed by atoms with E-state index in [1.807, 2.05) is 0 Å². The van der Waals surface area contributed by atoms with Gasteiger partial charge < -0.3 is 19.3 Å². The van der Waals surface area contributed by atoms with E-state index in [1.165, 1.54) is 37.5 Å². The van der Waals surface area contributed by atoms with Crippen molar-refractivity contribution in [3.8, 4) is 11.5 Å². The second-order valence-corrected chi connectivity index (χ2v) is 5.44. The van der Waals surface area contributed by atoms with Crippen LogP contribution in [0.15, 0.2) is 53.2 Å². The van der Waals surface area contributed by atoms with Crippen LogP contribution in [0.2, 0.25) is 0 Å². The van der Waals surface area contributed by atoms with E-state index in [2.05, 4.69) is 4.99 Å². The zero-order valence-corrected chi connectivity index (χ0v) is 14.1. The monoisotopic (exact) mass is 371 g/mol. The fraction of sp³-hybridized carbons (Fsp3) is 0.105. The summed E-state index contributed by atoms with van der Waals surface area (Å²) >= 11 is 0. The molecule has 7 nitrogen and oxygen atoms in total. The summed E-state index contributed by atoms with van der Waals surface area (Å²) in [6, 6.07) is 10.2. The van der Waals surface area contributed by atoms with Crippen molar-refractivity contribution in [2.24, 2.45) is 4.99 Å². The quantitative estimate of drug-likeness (QED) is 0.620. The molecule has 2 aromatic carbocycles. The molecular weight excluding hydrogens is 357 g/mol. The molecule has 0 spiro atoms. The van der Waals surface area contributed by atoms with Crippen molar-refractivity contribution >= 4 is 23.9 Å². The van der Waals surface area contributed by atoms with Gasteiger partial charge in [0.05, 0.1) is 7.11 Å². The second kappa shape index (κ2) is 7.69. The molecule has 138 valence electrons. The number of rotatable bonds is 6. The van der Waals surface area contributed by atoms with Gasteiger partial charge in [-0.15, -0.1) is 0 Å². The van der Waals surface area contributed by atoms with Gasteiger partial charge in [0.15, 0.2) is 23.8 Å². The topological polar surface area (TPSA) is 94.4 Å². The van der Waals surface area contributed by atoms with Crippen LogP contribution in [-0.2, 0) is 14.3 Å². The van der Waals surface area contributed by atoms with Crippen molar-refractivity contribution in [2.45, 2.75) is 0 Å². The summed E-state index contributed by atoms with van der Waals surface area (Å²) in [4.78, 5) is 26.7. The summed E-state index contributed by atoms with van der Waals surface area (Å²) in [6.07, 6.45) is 1.47. The minimum Gasteiger partial charge on any atom is -0.493 e. The maximum absolute atomic E-state index is 13.3. The molecule has 0 atom stereocenters. The van der Waals surface area contributed by atoms with Crippen LogP contribution in [0.5, 0.6) is 11.5 Å². The smallest absolute Gasteiger partial charge is 0.363 e. The van der Waals surface area contributed by atoms with Crippen molar-refractivity contribution in [3.05, 3.63) is 65.1 Å². The van der Waals surface area contributed by atoms with Gasteiger partial charge in [-0.1, -0.05) is 12.1 Å². The van der Waals surface area contributed by atoms with E-state index < -0.39 is 24.4 Å². The number of carboxylic acid groups (broad SMARTS) is 1. The summed E-state index contributed by atoms with van der Waals surface area (Å²) < 4.78 is 28.7. The van der Waals surface area contributed by atoms with Crippen LogP contribution in [0.4, 0.5) is 4.39 Å². The first-order valence-electron chi connectivity index (χ1n) is 7.77. The molecule has 0 saturated heterocycles. The summed E-state index contributed by atoms with van der Waals surface area (Å²) in [6.45, 7) is -0.510. The number of carbonyl (C=O) groups is 2. The van der Waals surface area contributed by atoms with E-state index in [9.17, 15) is 14.0 Å². The van der Waals surface area contributed by atoms with Crippen molar-refractivity contribution in [1.29, 1.82) is 0 Å². The standard InChI is InChI=1S/C19H14FNO6/c1-25-16-8-11(5-6-15(16)26-10-17(22)23)7-14-19(24)27-18(21-14)12-3-2-4-13(20)9-12/h2-9H,10H2,1H3,(H,22,23)/b14-7-. The number of methoxy groups -OCH3 is 1. The molecule has 0 aromatic heterocycles. The van der Waals surface area contributed by atoms with E-state index in [0.717, 1.165) is 0 Å². The number of halogens is 1. The van der Waals surface area contributed by atoms with Gasteiger partial charge >= 0.3 is 11.9 Å². The summed E-state index contributed by atoms with van der Waals surface area (Å²) in [7, 11) is 1.41. The first kappa shape index (κ1) is 18.1. The number of esters is 1. The molecule has 27 heavy (non-hydrogen) atoms. The number of nitrogens with zero attached hydrogens (tertiary/aromatic N) is 1. The van der Waals surface area contributed by atoms with Gasteiger partial charge in [0.1, 0.15) is 5.82 Å². The molecule has 2 aromatic rings.